The Morgan fingerprint density at radius 2 is 1.14 bits per heavy atom. The fourth-order valence-electron chi connectivity index (χ4n) is 8.44. The molecule has 7 N–H and O–H groups in total. The zero-order chi connectivity index (χ0) is 51.2. The van der Waals surface area contributed by atoms with E-state index in [0.29, 0.717) is 32.1 Å². The molecule has 16 nitrogen and oxygen atoms in total. The van der Waals surface area contributed by atoms with Crippen LogP contribution in [0, 0.1) is 17.8 Å². The molecule has 0 bridgehead atoms. The molecule has 0 spiro atoms. The van der Waals surface area contributed by atoms with Gasteiger partial charge in [-0.2, -0.15) is 0 Å². The molecule has 1 rings (SSSR count). The third kappa shape index (κ3) is 37.8. The summed E-state index contributed by atoms with van der Waals surface area (Å²) >= 11 is 0. The van der Waals surface area contributed by atoms with Crippen LogP contribution in [0.2, 0.25) is 0 Å². The predicted octanol–water partition coefficient (Wildman–Crippen LogP) is 10.9. The van der Waals surface area contributed by atoms with Gasteiger partial charge in [0.15, 0.2) is 6.10 Å². The minimum atomic E-state index is -4.90. The Morgan fingerprint density at radius 1 is 0.623 bits per heavy atom. The lowest BCUT2D eigenvalue weighted by Crippen LogP contribution is -2.30. The number of allylic oxidation sites excluding steroid dienone is 2. The van der Waals surface area contributed by atoms with E-state index in [9.17, 15) is 44.0 Å². The Balaban J connectivity index is 2.44. The molecule has 1 fully saturated rings. The van der Waals surface area contributed by atoms with Crippen molar-refractivity contribution >= 4 is 27.6 Å². The van der Waals surface area contributed by atoms with Crippen LogP contribution in [0.1, 0.15) is 213 Å². The molecule has 406 valence electrons. The van der Waals surface area contributed by atoms with E-state index in [1.54, 1.807) is 6.08 Å². The smallest absolute Gasteiger partial charge is 0.462 e. The van der Waals surface area contributed by atoms with Gasteiger partial charge in [-0.15, -0.1) is 0 Å². The SMILES string of the molecule is CCCCC[C@H](O)/C=C/[C@@H]1[C@@H](C/C=C/CCCC(=O)OC[C@H](COP(=O)(O)OC[C@@H](O)COP(=O)(O)O)OC(=O)CCCCCCCCCCCCCCCCCCCCC(C)CC)[C@@H](O)C[C@H]1O. The van der Waals surface area contributed by atoms with Gasteiger partial charge in [-0.1, -0.05) is 186 Å². The molecule has 69 heavy (non-hydrogen) atoms. The van der Waals surface area contributed by atoms with Crippen molar-refractivity contribution < 1.29 is 76.9 Å². The zero-order valence-corrected chi connectivity index (χ0v) is 44.5. The third-order valence-electron chi connectivity index (χ3n) is 12.9. The van der Waals surface area contributed by atoms with Gasteiger partial charge in [0.1, 0.15) is 12.7 Å². The normalized spacial score (nSPS) is 20.3. The van der Waals surface area contributed by atoms with Crippen LogP contribution in [0.4, 0.5) is 0 Å². The Bertz CT molecular complexity index is 1440. The van der Waals surface area contributed by atoms with Gasteiger partial charge in [0.2, 0.25) is 0 Å². The molecule has 0 aromatic heterocycles. The van der Waals surface area contributed by atoms with Crippen LogP contribution in [-0.2, 0) is 41.8 Å². The number of carbonyl (C=O) groups excluding carboxylic acids is 2. The largest absolute Gasteiger partial charge is 0.472 e. The van der Waals surface area contributed by atoms with E-state index >= 15 is 0 Å². The molecular weight excluding hydrogens is 930 g/mol. The summed E-state index contributed by atoms with van der Waals surface area (Å²) in [7, 11) is -9.77. The number of aliphatic hydroxyl groups excluding tert-OH is 4. The number of rotatable bonds is 46. The second-order valence-electron chi connectivity index (χ2n) is 19.4. The van der Waals surface area contributed by atoms with Gasteiger partial charge < -0.3 is 44.6 Å². The molecule has 1 aliphatic rings. The lowest BCUT2D eigenvalue weighted by molar-refractivity contribution is -0.161. The first kappa shape index (κ1) is 65.5. The Labute approximate surface area is 415 Å². The molecular formula is C51H96O16P2. The van der Waals surface area contributed by atoms with Crippen molar-refractivity contribution in [3.8, 4) is 0 Å². The van der Waals surface area contributed by atoms with E-state index in [-0.39, 0.29) is 31.1 Å². The molecule has 0 amide bonds. The number of esters is 2. The quantitative estimate of drug-likeness (QED) is 0.0129. The topological polar surface area (TPSA) is 256 Å². The van der Waals surface area contributed by atoms with Gasteiger partial charge >= 0.3 is 27.6 Å². The van der Waals surface area contributed by atoms with Crippen molar-refractivity contribution in [1.82, 2.24) is 0 Å². The van der Waals surface area contributed by atoms with Crippen LogP contribution in [0.15, 0.2) is 24.3 Å². The van der Waals surface area contributed by atoms with Gasteiger partial charge in [0, 0.05) is 25.2 Å². The molecule has 9 atom stereocenters. The summed E-state index contributed by atoms with van der Waals surface area (Å²) in [5.41, 5.74) is 0. The number of aliphatic hydroxyl groups is 4. The van der Waals surface area contributed by atoms with Gasteiger partial charge in [-0.3, -0.25) is 23.2 Å². The molecule has 0 radical (unpaired) electrons. The minimum Gasteiger partial charge on any atom is -0.462 e. The van der Waals surface area contributed by atoms with Crippen LogP contribution in [0.3, 0.4) is 0 Å². The van der Waals surface area contributed by atoms with Crippen molar-refractivity contribution in [3.63, 3.8) is 0 Å². The molecule has 0 aromatic rings. The third-order valence-corrected chi connectivity index (χ3v) is 14.4. The number of unbranched alkanes of at least 4 members (excludes halogenated alkanes) is 20. The maximum Gasteiger partial charge on any atom is 0.472 e. The number of hydrogen-bond acceptors (Lipinski definition) is 13. The van der Waals surface area contributed by atoms with E-state index in [0.717, 1.165) is 50.9 Å². The van der Waals surface area contributed by atoms with Crippen LogP contribution in [-0.4, -0.2) is 104 Å². The molecule has 1 aliphatic carbocycles. The lowest BCUT2D eigenvalue weighted by Gasteiger charge is -2.20. The maximum atomic E-state index is 12.8. The lowest BCUT2D eigenvalue weighted by atomic mass is 9.89. The van der Waals surface area contributed by atoms with E-state index in [2.05, 4.69) is 25.3 Å². The van der Waals surface area contributed by atoms with Crippen LogP contribution < -0.4 is 0 Å². The predicted molar refractivity (Wildman–Crippen MR) is 269 cm³/mol. The molecule has 0 heterocycles. The van der Waals surface area contributed by atoms with E-state index in [1.807, 2.05) is 18.2 Å². The Morgan fingerprint density at radius 3 is 1.71 bits per heavy atom. The van der Waals surface area contributed by atoms with E-state index in [1.165, 1.54) is 96.3 Å². The number of phosphoric ester groups is 2. The number of carbonyl (C=O) groups is 2. The fraction of sp³-hybridized carbons (Fsp3) is 0.882. The highest BCUT2D eigenvalue weighted by molar-refractivity contribution is 7.47. The number of ether oxygens (including phenoxy) is 2. The standard InChI is InChI=1S/C51H96O16P2/c1-4-6-25-31-43(52)35-36-47-46(48(54)37-49(47)55)32-27-23-24-28-33-50(56)63-40-45(41-66-69(61,62)65-39-44(53)38-64-68(58,59)60)67-51(57)34-29-22-20-18-16-14-12-10-8-7-9-11-13-15-17-19-21-26-30-42(3)5-2/h23,27,35-36,42-49,52-55H,4-22,24-26,28-34,37-41H2,1-3H3,(H,61,62)(H2,58,59,60)/b27-23+,36-35+/t42?,43-,44-,45+,46+,47+,48-,49+/m0/s1. The van der Waals surface area contributed by atoms with Crippen LogP contribution in [0.25, 0.3) is 0 Å². The van der Waals surface area contributed by atoms with Gasteiger partial charge in [-0.25, -0.2) is 9.13 Å². The first-order chi connectivity index (χ1) is 33.0. The summed E-state index contributed by atoms with van der Waals surface area (Å²) < 4.78 is 48.0. The number of phosphoric acid groups is 2. The maximum absolute atomic E-state index is 12.8. The second-order valence-corrected chi connectivity index (χ2v) is 22.1. The summed E-state index contributed by atoms with van der Waals surface area (Å²) in [6, 6.07) is 0. The minimum absolute atomic E-state index is 0.0210. The van der Waals surface area contributed by atoms with Gasteiger partial charge in [0.25, 0.3) is 0 Å². The average Bonchev–Trinajstić information content (AvgIpc) is 3.57. The molecule has 0 saturated heterocycles. The van der Waals surface area contributed by atoms with Crippen molar-refractivity contribution in [1.29, 1.82) is 0 Å². The van der Waals surface area contributed by atoms with Gasteiger partial charge in [-0.05, 0) is 43.9 Å². The fourth-order valence-corrected chi connectivity index (χ4v) is 9.59. The van der Waals surface area contributed by atoms with E-state index in [4.69, 9.17) is 28.3 Å². The Kier molecular flexibility index (Phi) is 38.8. The van der Waals surface area contributed by atoms with Crippen molar-refractivity contribution in [2.24, 2.45) is 17.8 Å². The van der Waals surface area contributed by atoms with Gasteiger partial charge in [0.05, 0.1) is 38.1 Å². The summed E-state index contributed by atoms with van der Waals surface area (Å²) in [5, 5.41) is 41.2. The molecule has 2 unspecified atom stereocenters. The molecule has 18 heteroatoms. The molecule has 1 saturated carbocycles. The van der Waals surface area contributed by atoms with Crippen molar-refractivity contribution in [2.45, 2.75) is 244 Å². The van der Waals surface area contributed by atoms with Crippen molar-refractivity contribution in [3.05, 3.63) is 24.3 Å². The zero-order valence-electron chi connectivity index (χ0n) is 42.7. The molecule has 0 aliphatic heterocycles. The summed E-state index contributed by atoms with van der Waals surface area (Å²) in [6.45, 7) is 3.81. The van der Waals surface area contributed by atoms with E-state index < -0.39 is 84.5 Å². The summed E-state index contributed by atoms with van der Waals surface area (Å²) in [5.74, 6) is -0.824. The highest BCUT2D eigenvalue weighted by Crippen LogP contribution is 2.44. The monoisotopic (exact) mass is 1030 g/mol. The van der Waals surface area contributed by atoms with Crippen LogP contribution in [0.5, 0.6) is 0 Å². The highest BCUT2D eigenvalue weighted by atomic mass is 31.2. The number of hydrogen-bond donors (Lipinski definition) is 7. The summed E-state index contributed by atoms with van der Waals surface area (Å²) in [4.78, 5) is 53.2. The van der Waals surface area contributed by atoms with Crippen LogP contribution >= 0.6 is 15.6 Å². The second kappa shape index (κ2) is 40.9. The first-order valence-electron chi connectivity index (χ1n) is 26.7. The van der Waals surface area contributed by atoms with Crippen molar-refractivity contribution in [2.75, 3.05) is 26.4 Å². The summed E-state index contributed by atoms with van der Waals surface area (Å²) in [6.07, 6.45) is 32.5. The molecule has 0 aromatic carbocycles. The Hall–Kier alpha value is -1.52. The highest BCUT2D eigenvalue weighted by Gasteiger charge is 2.39. The average molecular weight is 1030 g/mol. The first-order valence-corrected chi connectivity index (χ1v) is 29.7.